The SMILES string of the molecule is CCCCCCCCCCCCC(=C=O)C(=O)O. The van der Waals surface area contributed by atoms with Crippen molar-refractivity contribution in [2.75, 3.05) is 0 Å². The van der Waals surface area contributed by atoms with E-state index in [9.17, 15) is 9.59 Å². The minimum atomic E-state index is -1.12. The molecule has 0 aromatic heterocycles. The largest absolute Gasteiger partial charge is 0.477 e. The van der Waals surface area contributed by atoms with E-state index in [0.717, 1.165) is 19.3 Å². The van der Waals surface area contributed by atoms with Gasteiger partial charge in [0.1, 0.15) is 11.5 Å². The van der Waals surface area contributed by atoms with Gasteiger partial charge < -0.3 is 5.11 Å². The van der Waals surface area contributed by atoms with Crippen LogP contribution in [0.3, 0.4) is 0 Å². The van der Waals surface area contributed by atoms with E-state index in [1.165, 1.54) is 50.9 Å². The zero-order chi connectivity index (χ0) is 13.6. The first-order valence-corrected chi connectivity index (χ1v) is 7.19. The Bertz CT molecular complexity index is 265. The molecule has 0 rings (SSSR count). The van der Waals surface area contributed by atoms with Crippen LogP contribution in [0.4, 0.5) is 0 Å². The number of carbonyl (C=O) groups is 1. The highest BCUT2D eigenvalue weighted by molar-refractivity contribution is 5.95. The van der Waals surface area contributed by atoms with Crippen LogP contribution in [0.15, 0.2) is 5.57 Å². The summed E-state index contributed by atoms with van der Waals surface area (Å²) < 4.78 is 0. The van der Waals surface area contributed by atoms with Gasteiger partial charge in [0.15, 0.2) is 0 Å². The standard InChI is InChI=1S/C15H26O3/c1-2-3-4-5-6-7-8-9-10-11-12-14(13-16)15(17)18/h2-12H2,1H3,(H,17,18). The summed E-state index contributed by atoms with van der Waals surface area (Å²) in [4.78, 5) is 20.8. The number of unbranched alkanes of at least 4 members (excludes halogenated alkanes) is 9. The number of hydrogen-bond donors (Lipinski definition) is 1. The quantitative estimate of drug-likeness (QED) is 0.323. The number of carboxylic acid groups (broad SMARTS) is 1. The first-order valence-electron chi connectivity index (χ1n) is 7.19. The number of carbonyl (C=O) groups excluding carboxylic acids is 1. The minimum Gasteiger partial charge on any atom is -0.477 e. The Morgan fingerprint density at radius 3 is 1.72 bits per heavy atom. The second-order valence-electron chi connectivity index (χ2n) is 4.82. The average Bonchev–Trinajstić information content (AvgIpc) is 2.35. The van der Waals surface area contributed by atoms with Crippen molar-refractivity contribution in [2.24, 2.45) is 0 Å². The normalized spacial score (nSPS) is 10.1. The summed E-state index contributed by atoms with van der Waals surface area (Å²) in [6.07, 6.45) is 12.4. The second-order valence-corrected chi connectivity index (χ2v) is 4.82. The Morgan fingerprint density at radius 2 is 1.33 bits per heavy atom. The molecule has 1 N–H and O–H groups in total. The van der Waals surface area contributed by atoms with Crippen LogP contribution in [-0.4, -0.2) is 17.0 Å². The van der Waals surface area contributed by atoms with Gasteiger partial charge in [-0.3, -0.25) is 0 Å². The summed E-state index contributed by atoms with van der Waals surface area (Å²) in [5, 5.41) is 8.62. The van der Waals surface area contributed by atoms with Crippen molar-refractivity contribution >= 4 is 11.9 Å². The summed E-state index contributed by atoms with van der Waals surface area (Å²) in [7, 11) is 0. The Labute approximate surface area is 110 Å². The molecule has 0 atom stereocenters. The predicted octanol–water partition coefficient (Wildman–Crippen LogP) is 4.14. The lowest BCUT2D eigenvalue weighted by Crippen LogP contribution is -2.01. The molecular formula is C15H26O3. The molecule has 0 spiro atoms. The van der Waals surface area contributed by atoms with Crippen LogP contribution in [-0.2, 0) is 9.59 Å². The molecule has 0 aromatic carbocycles. The van der Waals surface area contributed by atoms with E-state index in [2.05, 4.69) is 6.92 Å². The molecule has 104 valence electrons. The van der Waals surface area contributed by atoms with Crippen molar-refractivity contribution in [3.05, 3.63) is 5.57 Å². The fourth-order valence-electron chi connectivity index (χ4n) is 1.99. The maximum absolute atomic E-state index is 10.5. The van der Waals surface area contributed by atoms with E-state index in [4.69, 9.17) is 5.11 Å². The van der Waals surface area contributed by atoms with Crippen LogP contribution in [0.25, 0.3) is 0 Å². The Morgan fingerprint density at radius 1 is 0.889 bits per heavy atom. The summed E-state index contributed by atoms with van der Waals surface area (Å²) in [6.45, 7) is 2.22. The molecule has 0 saturated heterocycles. The van der Waals surface area contributed by atoms with Crippen molar-refractivity contribution in [1.82, 2.24) is 0 Å². The van der Waals surface area contributed by atoms with Crippen LogP contribution < -0.4 is 0 Å². The fourth-order valence-corrected chi connectivity index (χ4v) is 1.99. The second kappa shape index (κ2) is 12.4. The van der Waals surface area contributed by atoms with E-state index in [1.54, 1.807) is 0 Å². The van der Waals surface area contributed by atoms with Gasteiger partial charge in [-0.15, -0.1) is 0 Å². The van der Waals surface area contributed by atoms with Gasteiger partial charge in [0.05, 0.1) is 0 Å². The van der Waals surface area contributed by atoms with Crippen molar-refractivity contribution in [1.29, 1.82) is 0 Å². The summed E-state index contributed by atoms with van der Waals surface area (Å²) in [5.41, 5.74) is -0.116. The molecule has 0 aliphatic heterocycles. The van der Waals surface area contributed by atoms with Crippen LogP contribution in [0, 0.1) is 0 Å². The molecule has 3 heteroatoms. The summed E-state index contributed by atoms with van der Waals surface area (Å²) in [5.74, 6) is 0.375. The van der Waals surface area contributed by atoms with Gasteiger partial charge in [-0.2, -0.15) is 0 Å². The van der Waals surface area contributed by atoms with Gasteiger partial charge in [-0.1, -0.05) is 64.7 Å². The average molecular weight is 254 g/mol. The van der Waals surface area contributed by atoms with Crippen molar-refractivity contribution in [3.63, 3.8) is 0 Å². The molecule has 0 radical (unpaired) electrons. The van der Waals surface area contributed by atoms with Crippen LogP contribution in [0.5, 0.6) is 0 Å². The van der Waals surface area contributed by atoms with Gasteiger partial charge in [0, 0.05) is 0 Å². The first-order chi connectivity index (χ1) is 8.72. The Kier molecular flexibility index (Phi) is 11.6. The lowest BCUT2D eigenvalue weighted by molar-refractivity contribution is -0.132. The van der Waals surface area contributed by atoms with Crippen LogP contribution in [0.1, 0.15) is 77.6 Å². The van der Waals surface area contributed by atoms with Gasteiger partial charge in [0.2, 0.25) is 0 Å². The molecule has 18 heavy (non-hydrogen) atoms. The third-order valence-electron chi connectivity index (χ3n) is 3.16. The molecule has 3 nitrogen and oxygen atoms in total. The predicted molar refractivity (Wildman–Crippen MR) is 73.3 cm³/mol. The lowest BCUT2D eigenvalue weighted by atomic mass is 10.0. The highest BCUT2D eigenvalue weighted by Crippen LogP contribution is 2.12. The smallest absolute Gasteiger partial charge is 0.342 e. The maximum Gasteiger partial charge on any atom is 0.342 e. The van der Waals surface area contributed by atoms with Gasteiger partial charge in [0.25, 0.3) is 0 Å². The molecule has 0 unspecified atom stereocenters. The molecular weight excluding hydrogens is 228 g/mol. The monoisotopic (exact) mass is 254 g/mol. The maximum atomic E-state index is 10.5. The zero-order valence-electron chi connectivity index (χ0n) is 11.5. The third-order valence-corrected chi connectivity index (χ3v) is 3.16. The van der Waals surface area contributed by atoms with E-state index in [-0.39, 0.29) is 5.57 Å². The number of carboxylic acids is 1. The van der Waals surface area contributed by atoms with Gasteiger partial charge >= 0.3 is 5.97 Å². The highest BCUT2D eigenvalue weighted by atomic mass is 16.4. The fraction of sp³-hybridized carbons (Fsp3) is 0.800. The van der Waals surface area contributed by atoms with Crippen LogP contribution in [0.2, 0.25) is 0 Å². The van der Waals surface area contributed by atoms with Crippen molar-refractivity contribution < 1.29 is 14.7 Å². The van der Waals surface area contributed by atoms with E-state index >= 15 is 0 Å². The minimum absolute atomic E-state index is 0.116. The van der Waals surface area contributed by atoms with Gasteiger partial charge in [-0.05, 0) is 12.8 Å². The van der Waals surface area contributed by atoms with E-state index in [1.807, 2.05) is 0 Å². The highest BCUT2D eigenvalue weighted by Gasteiger charge is 2.07. The van der Waals surface area contributed by atoms with Crippen molar-refractivity contribution in [2.45, 2.75) is 77.6 Å². The number of rotatable bonds is 12. The molecule has 0 bridgehead atoms. The first kappa shape index (κ1) is 16.9. The molecule has 0 saturated carbocycles. The Balaban J connectivity index is 3.26. The van der Waals surface area contributed by atoms with Gasteiger partial charge in [-0.25, -0.2) is 9.59 Å². The van der Waals surface area contributed by atoms with E-state index in [0.29, 0.717) is 6.42 Å². The number of hydrogen-bond acceptors (Lipinski definition) is 2. The third kappa shape index (κ3) is 10.1. The van der Waals surface area contributed by atoms with Crippen molar-refractivity contribution in [3.8, 4) is 0 Å². The molecule has 0 aromatic rings. The van der Waals surface area contributed by atoms with Crippen LogP contribution >= 0.6 is 0 Å². The number of aliphatic carboxylic acids is 1. The summed E-state index contributed by atoms with van der Waals surface area (Å²) in [6, 6.07) is 0. The zero-order valence-corrected chi connectivity index (χ0v) is 11.5. The topological polar surface area (TPSA) is 54.4 Å². The summed E-state index contributed by atoms with van der Waals surface area (Å²) >= 11 is 0. The Hall–Kier alpha value is -1.08. The molecule has 0 amide bonds. The molecule has 0 aliphatic carbocycles. The van der Waals surface area contributed by atoms with E-state index < -0.39 is 5.97 Å². The molecule has 0 aliphatic rings. The molecule has 0 heterocycles. The molecule has 0 fully saturated rings. The lowest BCUT2D eigenvalue weighted by Gasteiger charge is -2.02.